The second-order valence-corrected chi connectivity index (χ2v) is 10.3. The number of aliphatic carboxylic acids is 1. The van der Waals surface area contributed by atoms with E-state index in [1.165, 1.54) is 11.9 Å². The fourth-order valence-electron chi connectivity index (χ4n) is 4.22. The summed E-state index contributed by atoms with van der Waals surface area (Å²) in [5.74, 6) is -2.26. The number of carbonyl (C=O) groups excluding carboxylic acids is 2. The van der Waals surface area contributed by atoms with Crippen molar-refractivity contribution in [2.45, 2.75) is 79.3 Å². The molecule has 0 saturated carbocycles. The minimum absolute atomic E-state index is 0.200. The number of carbonyl (C=O) groups is 3. The standard InChI is InChI=1S/C25H40N2O4/c1-10-18(25(7,8)17-14-12-11-13-15-17)21(28)26-20(24(4,5)6)22(29)27(9)19(16(2)3)23(30)31/h11-16,18-20H,10H2,1-9H3,(H,26,28)(H,30,31)/t18-,19+,20-/m1/s1. The van der Waals surface area contributed by atoms with E-state index in [-0.39, 0.29) is 17.7 Å². The summed E-state index contributed by atoms with van der Waals surface area (Å²) < 4.78 is 0. The number of carboxylic acids is 1. The second kappa shape index (κ2) is 10.3. The molecule has 1 rings (SSSR count). The number of nitrogens with one attached hydrogen (secondary N) is 1. The van der Waals surface area contributed by atoms with Gasteiger partial charge in [0.1, 0.15) is 12.1 Å². The summed E-state index contributed by atoms with van der Waals surface area (Å²) in [6, 6.07) is 8.07. The maximum Gasteiger partial charge on any atom is 0.326 e. The van der Waals surface area contributed by atoms with Crippen molar-refractivity contribution < 1.29 is 19.5 Å². The molecule has 2 N–H and O–H groups in total. The molecule has 0 saturated heterocycles. The summed E-state index contributed by atoms with van der Waals surface area (Å²) in [6.45, 7) is 15.2. The molecule has 174 valence electrons. The predicted molar refractivity (Wildman–Crippen MR) is 124 cm³/mol. The highest BCUT2D eigenvalue weighted by Crippen LogP contribution is 2.34. The third kappa shape index (κ3) is 6.31. The number of amides is 2. The Balaban J connectivity index is 3.23. The van der Waals surface area contributed by atoms with Gasteiger partial charge in [0.05, 0.1) is 0 Å². The molecule has 6 nitrogen and oxygen atoms in total. The number of hydrogen-bond acceptors (Lipinski definition) is 3. The van der Waals surface area contributed by atoms with Crippen molar-refractivity contribution in [3.8, 4) is 0 Å². The van der Waals surface area contributed by atoms with Crippen molar-refractivity contribution in [3.05, 3.63) is 35.9 Å². The SMILES string of the molecule is CC[C@H](C(=O)N[C@H](C(=O)N(C)[C@H](C(=O)O)C(C)C)C(C)(C)C)C(C)(C)c1ccccc1. The van der Waals surface area contributed by atoms with E-state index in [0.717, 1.165) is 5.56 Å². The zero-order chi connectivity index (χ0) is 24.1. The van der Waals surface area contributed by atoms with E-state index in [1.807, 2.05) is 71.9 Å². The quantitative estimate of drug-likeness (QED) is 0.615. The molecule has 1 aromatic carbocycles. The molecule has 0 spiro atoms. The van der Waals surface area contributed by atoms with E-state index in [9.17, 15) is 19.5 Å². The normalized spacial score (nSPS) is 15.2. The van der Waals surface area contributed by atoms with Crippen LogP contribution in [0.25, 0.3) is 0 Å². The second-order valence-electron chi connectivity index (χ2n) is 10.3. The monoisotopic (exact) mass is 432 g/mol. The molecule has 31 heavy (non-hydrogen) atoms. The average Bonchev–Trinajstić information content (AvgIpc) is 2.65. The largest absolute Gasteiger partial charge is 0.480 e. The number of rotatable bonds is 9. The van der Waals surface area contributed by atoms with Gasteiger partial charge in [-0.3, -0.25) is 9.59 Å². The number of likely N-dealkylation sites (N-methyl/N-ethyl adjacent to an activating group) is 1. The molecule has 0 fully saturated rings. The number of benzene rings is 1. The summed E-state index contributed by atoms with van der Waals surface area (Å²) in [4.78, 5) is 39.8. The zero-order valence-corrected chi connectivity index (χ0v) is 20.5. The lowest BCUT2D eigenvalue weighted by atomic mass is 9.71. The summed E-state index contributed by atoms with van der Waals surface area (Å²) in [5, 5.41) is 12.6. The molecule has 3 atom stereocenters. The highest BCUT2D eigenvalue weighted by Gasteiger charge is 2.42. The summed E-state index contributed by atoms with van der Waals surface area (Å²) in [7, 11) is 1.50. The van der Waals surface area contributed by atoms with Gasteiger partial charge in [0.15, 0.2) is 0 Å². The van der Waals surface area contributed by atoms with Gasteiger partial charge in [0.2, 0.25) is 11.8 Å². The van der Waals surface area contributed by atoms with Crippen LogP contribution < -0.4 is 5.32 Å². The molecule has 0 heterocycles. The Morgan fingerprint density at radius 2 is 1.55 bits per heavy atom. The topological polar surface area (TPSA) is 86.7 Å². The van der Waals surface area contributed by atoms with E-state index in [4.69, 9.17) is 0 Å². The van der Waals surface area contributed by atoms with Crippen LogP contribution in [0.15, 0.2) is 30.3 Å². The van der Waals surface area contributed by atoms with Crippen LogP contribution in [0.5, 0.6) is 0 Å². The Kier molecular flexibility index (Phi) is 8.85. The van der Waals surface area contributed by atoms with Crippen molar-refractivity contribution in [1.82, 2.24) is 10.2 Å². The molecular weight excluding hydrogens is 392 g/mol. The Hall–Kier alpha value is -2.37. The lowest BCUT2D eigenvalue weighted by Gasteiger charge is -2.39. The molecule has 2 amide bonds. The van der Waals surface area contributed by atoms with Gasteiger partial charge in [-0.15, -0.1) is 0 Å². The predicted octanol–water partition coefficient (Wildman–Crippen LogP) is 4.09. The van der Waals surface area contributed by atoms with Crippen LogP contribution in [0, 0.1) is 17.3 Å². The van der Waals surface area contributed by atoms with Crippen LogP contribution in [0.4, 0.5) is 0 Å². The summed E-state index contributed by atoms with van der Waals surface area (Å²) in [6.07, 6.45) is 0.609. The highest BCUT2D eigenvalue weighted by atomic mass is 16.4. The van der Waals surface area contributed by atoms with Gasteiger partial charge >= 0.3 is 5.97 Å². The smallest absolute Gasteiger partial charge is 0.326 e. The van der Waals surface area contributed by atoms with Crippen LogP contribution in [-0.2, 0) is 19.8 Å². The summed E-state index contributed by atoms with van der Waals surface area (Å²) >= 11 is 0. The van der Waals surface area contributed by atoms with Crippen molar-refractivity contribution in [1.29, 1.82) is 0 Å². The minimum atomic E-state index is -1.05. The van der Waals surface area contributed by atoms with Gasteiger partial charge in [-0.05, 0) is 23.3 Å². The molecule has 6 heteroatoms. The van der Waals surface area contributed by atoms with Crippen LogP contribution in [0.1, 0.15) is 67.4 Å². The van der Waals surface area contributed by atoms with Gasteiger partial charge < -0.3 is 15.3 Å². The first-order valence-electron chi connectivity index (χ1n) is 11.0. The fourth-order valence-corrected chi connectivity index (χ4v) is 4.22. The highest BCUT2D eigenvalue weighted by molar-refractivity contribution is 5.92. The molecule has 1 aromatic rings. The first-order valence-corrected chi connectivity index (χ1v) is 11.0. The average molecular weight is 433 g/mol. The molecule has 0 aliphatic heterocycles. The lowest BCUT2D eigenvalue weighted by Crippen LogP contribution is -2.59. The van der Waals surface area contributed by atoms with Gasteiger partial charge in [0, 0.05) is 18.4 Å². The Bertz CT molecular complexity index is 765. The van der Waals surface area contributed by atoms with Gasteiger partial charge in [0.25, 0.3) is 0 Å². The van der Waals surface area contributed by atoms with Crippen molar-refractivity contribution in [2.75, 3.05) is 7.05 Å². The zero-order valence-electron chi connectivity index (χ0n) is 20.5. The Labute approximate surface area is 187 Å². The Morgan fingerprint density at radius 3 is 1.94 bits per heavy atom. The molecule has 0 radical (unpaired) electrons. The van der Waals surface area contributed by atoms with Crippen LogP contribution in [0.3, 0.4) is 0 Å². The first-order chi connectivity index (χ1) is 14.2. The van der Waals surface area contributed by atoms with E-state index in [0.29, 0.717) is 6.42 Å². The first kappa shape index (κ1) is 26.7. The van der Waals surface area contributed by atoms with Gasteiger partial charge in [-0.2, -0.15) is 0 Å². The maximum atomic E-state index is 13.4. The lowest BCUT2D eigenvalue weighted by molar-refractivity contribution is -0.153. The van der Waals surface area contributed by atoms with Crippen LogP contribution >= 0.6 is 0 Å². The van der Waals surface area contributed by atoms with Crippen LogP contribution in [-0.4, -0.2) is 46.9 Å². The van der Waals surface area contributed by atoms with Crippen molar-refractivity contribution in [3.63, 3.8) is 0 Å². The third-order valence-corrected chi connectivity index (χ3v) is 6.16. The number of nitrogens with zero attached hydrogens (tertiary/aromatic N) is 1. The van der Waals surface area contributed by atoms with Gasteiger partial charge in [-0.25, -0.2) is 4.79 Å². The Morgan fingerprint density at radius 1 is 1.03 bits per heavy atom. The molecule has 0 bridgehead atoms. The molecule has 0 aliphatic carbocycles. The molecule has 0 aliphatic rings. The minimum Gasteiger partial charge on any atom is -0.480 e. The molecule has 0 aromatic heterocycles. The molecular formula is C25H40N2O4. The number of carboxylic acid groups (broad SMARTS) is 1. The van der Waals surface area contributed by atoms with Gasteiger partial charge in [-0.1, -0.05) is 85.7 Å². The number of hydrogen-bond donors (Lipinski definition) is 2. The van der Waals surface area contributed by atoms with Crippen molar-refractivity contribution in [2.24, 2.45) is 17.3 Å². The fraction of sp³-hybridized carbons (Fsp3) is 0.640. The van der Waals surface area contributed by atoms with E-state index in [1.54, 1.807) is 13.8 Å². The van der Waals surface area contributed by atoms with E-state index < -0.39 is 34.8 Å². The van der Waals surface area contributed by atoms with Crippen LogP contribution in [0.2, 0.25) is 0 Å². The van der Waals surface area contributed by atoms with E-state index >= 15 is 0 Å². The maximum absolute atomic E-state index is 13.4. The third-order valence-electron chi connectivity index (χ3n) is 6.16. The van der Waals surface area contributed by atoms with E-state index in [2.05, 4.69) is 5.32 Å². The molecule has 0 unspecified atom stereocenters. The van der Waals surface area contributed by atoms with Crippen molar-refractivity contribution >= 4 is 17.8 Å². The summed E-state index contributed by atoms with van der Waals surface area (Å²) in [5.41, 5.74) is 0.0355.